The minimum absolute atomic E-state index is 0. The molecule has 2 unspecified atom stereocenters. The highest BCUT2D eigenvalue weighted by molar-refractivity contribution is 4.53. The molecule has 0 aromatic carbocycles. The van der Waals surface area contributed by atoms with E-state index < -0.39 is 6.10 Å². The topological polar surface area (TPSA) is 46.2 Å². The molecular weight excluding hydrogens is 152 g/mol. The van der Waals surface area contributed by atoms with E-state index in [0.717, 1.165) is 0 Å². The monoisotopic (exact) mass is 168 g/mol. The molecule has 0 spiro atoms. The fourth-order valence-corrected chi connectivity index (χ4v) is 0.647. The Morgan fingerprint density at radius 2 is 1.60 bits per heavy atom. The van der Waals surface area contributed by atoms with Crippen molar-refractivity contribution >= 4 is 0 Å². The van der Waals surface area contributed by atoms with Crippen molar-refractivity contribution in [1.82, 2.24) is 0 Å². The van der Waals surface area contributed by atoms with E-state index in [1.807, 2.05) is 21.1 Å². The first-order valence-electron chi connectivity index (χ1n) is 3.10. The maximum atomic E-state index is 9.02. The second kappa shape index (κ2) is 4.13. The zero-order chi connectivity index (χ0) is 7.65. The van der Waals surface area contributed by atoms with Gasteiger partial charge in [0, 0.05) is 0 Å². The van der Waals surface area contributed by atoms with E-state index in [9.17, 15) is 0 Å². The Morgan fingerprint density at radius 3 is 1.60 bits per heavy atom. The van der Waals surface area contributed by atoms with Gasteiger partial charge in [-0.05, 0) is 6.92 Å². The molecule has 0 aliphatic rings. The van der Waals surface area contributed by atoms with Crippen LogP contribution in [0.2, 0.25) is 0 Å². The van der Waals surface area contributed by atoms with Gasteiger partial charge in [0.05, 0.1) is 21.1 Å². The minimum Gasteiger partial charge on any atom is -1.00 e. The van der Waals surface area contributed by atoms with Crippen molar-refractivity contribution in [2.45, 2.75) is 19.2 Å². The Hall–Kier alpha value is 0.170. The summed E-state index contributed by atoms with van der Waals surface area (Å²) in [4.78, 5) is 0. The Bertz CT molecular complexity index is 90.2. The van der Waals surface area contributed by atoms with Gasteiger partial charge in [0.1, 0.15) is 6.10 Å². The summed E-state index contributed by atoms with van der Waals surface area (Å²) in [5.41, 5.74) is 5.62. The predicted octanol–water partition coefficient (Wildman–Crippen LogP) is -3.64. The maximum Gasteiger partial charge on any atom is 0.166 e. The van der Waals surface area contributed by atoms with E-state index in [-0.39, 0.29) is 18.6 Å². The summed E-state index contributed by atoms with van der Waals surface area (Å²) < 4.78 is 0.595. The fraction of sp³-hybridized carbons (Fsp3) is 1.00. The van der Waals surface area contributed by atoms with Crippen LogP contribution in [0.3, 0.4) is 0 Å². The van der Waals surface area contributed by atoms with Crippen LogP contribution in [-0.2, 0) is 0 Å². The third-order valence-corrected chi connectivity index (χ3v) is 1.39. The van der Waals surface area contributed by atoms with Crippen LogP contribution in [0.4, 0.5) is 0 Å². The van der Waals surface area contributed by atoms with E-state index in [1.165, 1.54) is 0 Å². The molecule has 10 heavy (non-hydrogen) atoms. The van der Waals surface area contributed by atoms with Crippen molar-refractivity contribution in [1.29, 1.82) is 0 Å². The van der Waals surface area contributed by atoms with Gasteiger partial charge in [0.25, 0.3) is 0 Å². The number of rotatable bonds is 2. The third-order valence-electron chi connectivity index (χ3n) is 1.39. The van der Waals surface area contributed by atoms with E-state index in [2.05, 4.69) is 0 Å². The molecule has 0 heterocycles. The van der Waals surface area contributed by atoms with Gasteiger partial charge in [0.2, 0.25) is 0 Å². The average Bonchev–Trinajstić information content (AvgIpc) is 1.62. The standard InChI is InChI=1S/C6H17N2O.ClH/c1-5(9)6(7)8(2,3)4;/h5-6,9H,7H2,1-4H3;1H/q+1;/p-1. The van der Waals surface area contributed by atoms with Crippen molar-refractivity contribution < 1.29 is 22.0 Å². The summed E-state index contributed by atoms with van der Waals surface area (Å²) in [6.07, 6.45) is -0.630. The summed E-state index contributed by atoms with van der Waals surface area (Å²) >= 11 is 0. The number of hydrogen-bond donors (Lipinski definition) is 2. The van der Waals surface area contributed by atoms with Gasteiger partial charge in [-0.1, -0.05) is 0 Å². The first-order chi connectivity index (χ1) is 3.85. The molecule has 0 fully saturated rings. The zero-order valence-electron chi connectivity index (χ0n) is 7.00. The summed E-state index contributed by atoms with van der Waals surface area (Å²) in [6, 6.07) is 0. The normalized spacial score (nSPS) is 17.4. The Balaban J connectivity index is 0. The number of hydrogen-bond acceptors (Lipinski definition) is 2. The van der Waals surface area contributed by atoms with Crippen molar-refractivity contribution in [3.8, 4) is 0 Å². The summed E-state index contributed by atoms with van der Waals surface area (Å²) in [5.74, 6) is 0. The summed E-state index contributed by atoms with van der Waals surface area (Å²) in [5, 5.41) is 9.02. The summed E-state index contributed by atoms with van der Waals surface area (Å²) in [7, 11) is 5.87. The number of halogens is 1. The molecule has 0 aromatic rings. The Morgan fingerprint density at radius 1 is 1.30 bits per heavy atom. The number of nitrogens with zero attached hydrogens (tertiary/aromatic N) is 1. The number of aliphatic hydroxyl groups excluding tert-OH is 1. The van der Waals surface area contributed by atoms with E-state index >= 15 is 0 Å². The molecule has 64 valence electrons. The van der Waals surface area contributed by atoms with Gasteiger partial charge < -0.3 is 22.0 Å². The Kier molecular flexibility index (Phi) is 5.29. The SMILES string of the molecule is CC(O)C(N)[N+](C)(C)C.[Cl-]. The second-order valence-corrected chi connectivity index (χ2v) is 3.35. The Labute approximate surface area is 68.8 Å². The molecule has 2 atom stereocenters. The molecule has 0 aromatic heterocycles. The van der Waals surface area contributed by atoms with E-state index in [4.69, 9.17) is 10.8 Å². The number of nitrogens with two attached hydrogens (primary N) is 1. The lowest BCUT2D eigenvalue weighted by Crippen LogP contribution is -3.00. The van der Waals surface area contributed by atoms with Crippen LogP contribution in [-0.4, -0.2) is 43.0 Å². The highest BCUT2D eigenvalue weighted by atomic mass is 35.5. The largest absolute Gasteiger partial charge is 1.00 e. The minimum atomic E-state index is -0.440. The zero-order valence-corrected chi connectivity index (χ0v) is 7.76. The maximum absolute atomic E-state index is 9.02. The molecule has 0 bridgehead atoms. The molecule has 0 saturated carbocycles. The van der Waals surface area contributed by atoms with Crippen LogP contribution in [0.5, 0.6) is 0 Å². The molecule has 0 radical (unpaired) electrons. The van der Waals surface area contributed by atoms with Crippen molar-refractivity contribution in [2.24, 2.45) is 5.73 Å². The smallest absolute Gasteiger partial charge is 0.166 e. The van der Waals surface area contributed by atoms with Crippen LogP contribution in [0.25, 0.3) is 0 Å². The lowest BCUT2D eigenvalue weighted by atomic mass is 10.3. The van der Waals surface area contributed by atoms with Crippen molar-refractivity contribution in [3.63, 3.8) is 0 Å². The first kappa shape index (κ1) is 12.8. The molecule has 3 nitrogen and oxygen atoms in total. The predicted molar refractivity (Wildman–Crippen MR) is 37.7 cm³/mol. The highest BCUT2D eigenvalue weighted by Gasteiger charge is 2.23. The molecule has 3 N–H and O–H groups in total. The van der Waals surface area contributed by atoms with Crippen LogP contribution in [0, 0.1) is 0 Å². The molecule has 0 aliphatic carbocycles. The quantitative estimate of drug-likeness (QED) is 0.330. The molecule has 0 aliphatic heterocycles. The fourth-order valence-electron chi connectivity index (χ4n) is 0.647. The van der Waals surface area contributed by atoms with Crippen LogP contribution < -0.4 is 18.1 Å². The van der Waals surface area contributed by atoms with Gasteiger partial charge in [-0.15, -0.1) is 0 Å². The van der Waals surface area contributed by atoms with Gasteiger partial charge in [0.15, 0.2) is 6.17 Å². The molecule has 0 saturated heterocycles. The average molecular weight is 169 g/mol. The lowest BCUT2D eigenvalue weighted by Gasteiger charge is -2.32. The van der Waals surface area contributed by atoms with Gasteiger partial charge in [-0.25, -0.2) is 0 Å². The van der Waals surface area contributed by atoms with Crippen LogP contribution >= 0.6 is 0 Å². The number of likely N-dealkylation sites (N-methyl/N-ethyl adjacent to an activating group) is 1. The second-order valence-electron chi connectivity index (χ2n) is 3.35. The highest BCUT2D eigenvalue weighted by Crippen LogP contribution is 1.99. The van der Waals surface area contributed by atoms with Crippen LogP contribution in [0.15, 0.2) is 0 Å². The van der Waals surface area contributed by atoms with Crippen LogP contribution in [0.1, 0.15) is 6.92 Å². The van der Waals surface area contributed by atoms with Crippen molar-refractivity contribution in [3.05, 3.63) is 0 Å². The van der Waals surface area contributed by atoms with Gasteiger partial charge >= 0.3 is 0 Å². The molecule has 0 rings (SSSR count). The molecule has 4 heteroatoms. The number of quaternary nitrogens is 1. The van der Waals surface area contributed by atoms with Gasteiger partial charge in [-0.2, -0.15) is 0 Å². The van der Waals surface area contributed by atoms with E-state index in [1.54, 1.807) is 6.92 Å². The third kappa shape index (κ3) is 4.06. The molecular formula is C6H17ClN2O. The van der Waals surface area contributed by atoms with Gasteiger partial charge in [-0.3, -0.25) is 5.73 Å². The van der Waals surface area contributed by atoms with Crippen molar-refractivity contribution in [2.75, 3.05) is 21.1 Å². The summed E-state index contributed by atoms with van der Waals surface area (Å²) in [6.45, 7) is 1.70. The number of aliphatic hydroxyl groups is 1. The van der Waals surface area contributed by atoms with E-state index in [0.29, 0.717) is 4.48 Å². The lowest BCUT2D eigenvalue weighted by molar-refractivity contribution is -0.899. The molecule has 0 amide bonds. The first-order valence-corrected chi connectivity index (χ1v) is 3.10.